The van der Waals surface area contributed by atoms with E-state index in [2.05, 4.69) is 18.1 Å². The van der Waals surface area contributed by atoms with Gasteiger partial charge in [-0.25, -0.2) is 0 Å². The van der Waals surface area contributed by atoms with E-state index in [0.29, 0.717) is 6.42 Å². The van der Waals surface area contributed by atoms with Crippen LogP contribution >= 0.6 is 12.4 Å². The van der Waals surface area contributed by atoms with E-state index in [4.69, 9.17) is 0 Å². The first kappa shape index (κ1) is 20.2. The van der Waals surface area contributed by atoms with Gasteiger partial charge < -0.3 is 5.11 Å². The van der Waals surface area contributed by atoms with Crippen LogP contribution in [0.15, 0.2) is 86.0 Å². The molecule has 24 heavy (non-hydrogen) atoms. The van der Waals surface area contributed by atoms with E-state index in [-0.39, 0.29) is 12.4 Å². The molecule has 128 valence electrons. The molecule has 0 aliphatic heterocycles. The van der Waals surface area contributed by atoms with Crippen LogP contribution < -0.4 is 0 Å². The van der Waals surface area contributed by atoms with Crippen molar-refractivity contribution in [2.75, 3.05) is 19.6 Å². The first-order valence-electron chi connectivity index (χ1n) is 7.98. The van der Waals surface area contributed by atoms with E-state index in [9.17, 15) is 5.11 Å². The van der Waals surface area contributed by atoms with Crippen molar-refractivity contribution in [3.63, 3.8) is 0 Å². The molecule has 2 aromatic rings. The number of halogens is 1. The molecule has 0 amide bonds. The smallest absolute Gasteiger partial charge is 0.116 e. The fourth-order valence-corrected chi connectivity index (χ4v) is 2.83. The zero-order chi connectivity index (χ0) is 16.5. The first-order chi connectivity index (χ1) is 11.2. The predicted octanol–water partition coefficient (Wildman–Crippen LogP) is 4.41. The SMILES string of the molecule is C=CCN(CC=C)CCC(O)(c1ccccc1)c1ccccc1.Cl. The molecule has 0 aliphatic rings. The van der Waals surface area contributed by atoms with Crippen LogP contribution in [0.2, 0.25) is 0 Å². The van der Waals surface area contributed by atoms with Crippen LogP contribution in [-0.2, 0) is 5.60 Å². The second kappa shape index (κ2) is 10.1. The molecule has 2 aromatic carbocycles. The van der Waals surface area contributed by atoms with E-state index >= 15 is 0 Å². The molecule has 1 N–H and O–H groups in total. The molecule has 0 radical (unpaired) electrons. The van der Waals surface area contributed by atoms with E-state index in [1.54, 1.807) is 0 Å². The van der Waals surface area contributed by atoms with Gasteiger partial charge in [0.15, 0.2) is 0 Å². The van der Waals surface area contributed by atoms with Crippen LogP contribution in [0.4, 0.5) is 0 Å². The van der Waals surface area contributed by atoms with Crippen molar-refractivity contribution >= 4 is 12.4 Å². The highest BCUT2D eigenvalue weighted by atomic mass is 35.5. The van der Waals surface area contributed by atoms with Crippen LogP contribution in [0.25, 0.3) is 0 Å². The summed E-state index contributed by atoms with van der Waals surface area (Å²) in [5, 5.41) is 11.5. The standard InChI is InChI=1S/C21H25NO.ClH/c1-3-16-22(17-4-2)18-15-21(23,19-11-7-5-8-12-19)20-13-9-6-10-14-20;/h3-14,23H,1-2,15-18H2;1H. The average Bonchev–Trinajstić information content (AvgIpc) is 2.61. The third-order valence-corrected chi connectivity index (χ3v) is 4.07. The molecule has 0 unspecified atom stereocenters. The minimum Gasteiger partial charge on any atom is -0.380 e. The van der Waals surface area contributed by atoms with Gasteiger partial charge in [0.05, 0.1) is 0 Å². The normalized spacial score (nSPS) is 10.9. The number of rotatable bonds is 9. The summed E-state index contributed by atoms with van der Waals surface area (Å²) >= 11 is 0. The zero-order valence-electron chi connectivity index (χ0n) is 14.0. The molecule has 0 fully saturated rings. The molecule has 2 nitrogen and oxygen atoms in total. The van der Waals surface area contributed by atoms with Gasteiger partial charge in [-0.05, 0) is 17.5 Å². The number of hydrogen-bond acceptors (Lipinski definition) is 2. The van der Waals surface area contributed by atoms with Gasteiger partial charge in [-0.1, -0.05) is 72.8 Å². The van der Waals surface area contributed by atoms with E-state index < -0.39 is 5.60 Å². The van der Waals surface area contributed by atoms with Crippen LogP contribution in [0, 0.1) is 0 Å². The first-order valence-corrected chi connectivity index (χ1v) is 7.98. The Labute approximate surface area is 151 Å². The van der Waals surface area contributed by atoms with Gasteiger partial charge in [-0.3, -0.25) is 4.90 Å². The number of aliphatic hydroxyl groups is 1. The number of nitrogens with zero attached hydrogens (tertiary/aromatic N) is 1. The summed E-state index contributed by atoms with van der Waals surface area (Å²) < 4.78 is 0. The second-order valence-electron chi connectivity index (χ2n) is 5.68. The van der Waals surface area contributed by atoms with Crippen molar-refractivity contribution in [1.82, 2.24) is 4.90 Å². The zero-order valence-corrected chi connectivity index (χ0v) is 14.8. The van der Waals surface area contributed by atoms with Gasteiger partial charge in [-0.15, -0.1) is 25.6 Å². The lowest BCUT2D eigenvalue weighted by atomic mass is 9.83. The topological polar surface area (TPSA) is 23.5 Å². The Balaban J connectivity index is 0.00000288. The van der Waals surface area contributed by atoms with Gasteiger partial charge in [0, 0.05) is 19.6 Å². The highest BCUT2D eigenvalue weighted by Crippen LogP contribution is 2.33. The quantitative estimate of drug-likeness (QED) is 0.682. The maximum atomic E-state index is 11.5. The average molecular weight is 344 g/mol. The maximum absolute atomic E-state index is 11.5. The maximum Gasteiger partial charge on any atom is 0.116 e. The lowest BCUT2D eigenvalue weighted by Gasteiger charge is -2.32. The fourth-order valence-electron chi connectivity index (χ4n) is 2.83. The lowest BCUT2D eigenvalue weighted by molar-refractivity contribution is 0.0601. The van der Waals surface area contributed by atoms with Crippen LogP contribution in [-0.4, -0.2) is 29.6 Å². The molecule has 0 atom stereocenters. The molecule has 0 saturated carbocycles. The summed E-state index contributed by atoms with van der Waals surface area (Å²) in [7, 11) is 0. The van der Waals surface area contributed by atoms with E-state index in [1.165, 1.54) is 0 Å². The van der Waals surface area contributed by atoms with Crippen molar-refractivity contribution in [3.05, 3.63) is 97.1 Å². The van der Waals surface area contributed by atoms with Crippen LogP contribution in [0.3, 0.4) is 0 Å². The van der Waals surface area contributed by atoms with E-state index in [0.717, 1.165) is 30.8 Å². The number of hydrogen-bond donors (Lipinski definition) is 1. The Morgan fingerprint density at radius 1 is 0.833 bits per heavy atom. The van der Waals surface area contributed by atoms with E-state index in [1.807, 2.05) is 72.8 Å². The van der Waals surface area contributed by atoms with Crippen molar-refractivity contribution in [1.29, 1.82) is 0 Å². The van der Waals surface area contributed by atoms with Gasteiger partial charge >= 0.3 is 0 Å². The fraction of sp³-hybridized carbons (Fsp3) is 0.238. The molecule has 0 spiro atoms. The highest BCUT2D eigenvalue weighted by molar-refractivity contribution is 5.85. The van der Waals surface area contributed by atoms with Crippen LogP contribution in [0.5, 0.6) is 0 Å². The summed E-state index contributed by atoms with van der Waals surface area (Å²) in [6.45, 7) is 9.94. The molecule has 0 bridgehead atoms. The summed E-state index contributed by atoms with van der Waals surface area (Å²) in [6, 6.07) is 19.7. The molecule has 3 heteroatoms. The third kappa shape index (κ3) is 5.07. The Kier molecular flexibility index (Phi) is 8.48. The van der Waals surface area contributed by atoms with Crippen LogP contribution in [0.1, 0.15) is 17.5 Å². The molecule has 0 heterocycles. The van der Waals surface area contributed by atoms with Gasteiger partial charge in [0.2, 0.25) is 0 Å². The Morgan fingerprint density at radius 2 is 1.25 bits per heavy atom. The van der Waals surface area contributed by atoms with Crippen molar-refractivity contribution in [2.24, 2.45) is 0 Å². The molecule has 2 rings (SSSR count). The lowest BCUT2D eigenvalue weighted by Crippen LogP contribution is -2.34. The minimum atomic E-state index is -0.997. The van der Waals surface area contributed by atoms with Crippen molar-refractivity contribution in [2.45, 2.75) is 12.0 Å². The third-order valence-electron chi connectivity index (χ3n) is 4.07. The van der Waals surface area contributed by atoms with Gasteiger partial charge in [0.25, 0.3) is 0 Å². The highest BCUT2D eigenvalue weighted by Gasteiger charge is 2.31. The minimum absolute atomic E-state index is 0. The summed E-state index contributed by atoms with van der Waals surface area (Å²) in [5.41, 5.74) is 0.843. The van der Waals surface area contributed by atoms with Crippen molar-refractivity contribution in [3.8, 4) is 0 Å². The largest absolute Gasteiger partial charge is 0.380 e. The monoisotopic (exact) mass is 343 g/mol. The Bertz CT molecular complexity index is 563. The molecular weight excluding hydrogens is 318 g/mol. The summed E-state index contributed by atoms with van der Waals surface area (Å²) in [6.07, 6.45) is 4.38. The number of benzene rings is 2. The Hall–Kier alpha value is -1.87. The van der Waals surface area contributed by atoms with Crippen molar-refractivity contribution < 1.29 is 5.11 Å². The molecular formula is C21H26ClNO. The van der Waals surface area contributed by atoms with Gasteiger partial charge in [0.1, 0.15) is 5.60 Å². The molecule has 0 saturated heterocycles. The second-order valence-corrected chi connectivity index (χ2v) is 5.68. The van der Waals surface area contributed by atoms with Gasteiger partial charge in [-0.2, -0.15) is 0 Å². The summed E-state index contributed by atoms with van der Waals surface area (Å²) in [5.74, 6) is 0. The molecule has 0 aliphatic carbocycles. The summed E-state index contributed by atoms with van der Waals surface area (Å²) in [4.78, 5) is 2.22. The Morgan fingerprint density at radius 3 is 1.62 bits per heavy atom. The predicted molar refractivity (Wildman–Crippen MR) is 105 cm³/mol. The molecule has 0 aromatic heterocycles.